The number of rotatable bonds is 8. The highest BCUT2D eigenvalue weighted by molar-refractivity contribution is 7.89. The lowest BCUT2D eigenvalue weighted by atomic mass is 9.92. The van der Waals surface area contributed by atoms with Crippen LogP contribution >= 0.6 is 24.8 Å². The fourth-order valence-corrected chi connectivity index (χ4v) is 7.38. The van der Waals surface area contributed by atoms with Crippen LogP contribution < -0.4 is 16.4 Å². The maximum absolute atomic E-state index is 12.5. The fourth-order valence-electron chi connectivity index (χ4n) is 5.84. The molecule has 0 radical (unpaired) electrons. The zero-order chi connectivity index (χ0) is 24.4. The van der Waals surface area contributed by atoms with E-state index >= 15 is 0 Å². The SMILES string of the molecule is CCCS(=O)(=O)N1CCC(Nc2nc(N[C@H]3CC[C@H](N)CC3)nc3c2ncn3C2CCCC2)CC1.Cl.Cl. The minimum Gasteiger partial charge on any atom is -0.365 e. The van der Waals surface area contributed by atoms with E-state index in [1.807, 2.05) is 13.3 Å². The molecular weight excluding hydrogens is 535 g/mol. The number of imidazole rings is 1. The van der Waals surface area contributed by atoms with Crippen LogP contribution in [0.2, 0.25) is 0 Å². The van der Waals surface area contributed by atoms with Crippen molar-refractivity contribution in [2.75, 3.05) is 29.5 Å². The molecule has 2 aliphatic carbocycles. The van der Waals surface area contributed by atoms with Gasteiger partial charge in [-0.2, -0.15) is 9.97 Å². The first-order valence-electron chi connectivity index (χ1n) is 13.4. The first-order valence-corrected chi connectivity index (χ1v) is 15.0. The summed E-state index contributed by atoms with van der Waals surface area (Å²) >= 11 is 0. The Kier molecular flexibility index (Phi) is 10.7. The summed E-state index contributed by atoms with van der Waals surface area (Å²) in [5.41, 5.74) is 7.78. The van der Waals surface area contributed by atoms with Crippen molar-refractivity contribution in [3.8, 4) is 0 Å². The summed E-state index contributed by atoms with van der Waals surface area (Å²) in [4.78, 5) is 14.5. The minimum atomic E-state index is -3.15. The Morgan fingerprint density at radius 2 is 1.59 bits per heavy atom. The van der Waals surface area contributed by atoms with E-state index in [1.165, 1.54) is 12.8 Å². The molecule has 3 fully saturated rings. The van der Waals surface area contributed by atoms with Gasteiger partial charge < -0.3 is 20.9 Å². The number of piperidine rings is 1. The lowest BCUT2D eigenvalue weighted by Crippen LogP contribution is -2.43. The number of sulfonamides is 1. The molecule has 2 aromatic rings. The van der Waals surface area contributed by atoms with E-state index in [0.717, 1.165) is 68.3 Å². The third kappa shape index (κ3) is 6.98. The van der Waals surface area contributed by atoms with Gasteiger partial charge in [-0.15, -0.1) is 24.8 Å². The molecule has 1 saturated heterocycles. The summed E-state index contributed by atoms with van der Waals surface area (Å²) in [6, 6.07) is 1.22. The van der Waals surface area contributed by atoms with Gasteiger partial charge in [0.05, 0.1) is 12.1 Å². The van der Waals surface area contributed by atoms with Gasteiger partial charge in [0, 0.05) is 37.3 Å². The molecule has 0 unspecified atom stereocenters. The van der Waals surface area contributed by atoms with Crippen molar-refractivity contribution < 1.29 is 8.42 Å². The van der Waals surface area contributed by atoms with Gasteiger partial charge in [0.2, 0.25) is 16.0 Å². The Balaban J connectivity index is 0.00000190. The number of hydrogen-bond donors (Lipinski definition) is 3. The Morgan fingerprint density at radius 3 is 2.24 bits per heavy atom. The predicted octanol–water partition coefficient (Wildman–Crippen LogP) is 4.08. The number of anilines is 2. The van der Waals surface area contributed by atoms with Gasteiger partial charge in [0.1, 0.15) is 0 Å². The Labute approximate surface area is 232 Å². The van der Waals surface area contributed by atoms with E-state index in [4.69, 9.17) is 20.7 Å². The van der Waals surface area contributed by atoms with Crippen molar-refractivity contribution in [2.24, 2.45) is 5.73 Å². The maximum Gasteiger partial charge on any atom is 0.227 e. The average molecular weight is 578 g/mol. The number of nitrogens with one attached hydrogen (secondary N) is 2. The Hall–Kier alpha value is -1.40. The van der Waals surface area contributed by atoms with E-state index < -0.39 is 10.0 Å². The number of halogens is 2. The molecule has 210 valence electrons. The molecule has 3 aliphatic rings. The summed E-state index contributed by atoms with van der Waals surface area (Å²) < 4.78 is 28.8. The van der Waals surface area contributed by atoms with E-state index in [0.29, 0.717) is 43.6 Å². The van der Waals surface area contributed by atoms with Crippen LogP contribution in [0.5, 0.6) is 0 Å². The summed E-state index contributed by atoms with van der Waals surface area (Å²) in [6.07, 6.45) is 13.0. The third-order valence-corrected chi connectivity index (χ3v) is 9.97. The van der Waals surface area contributed by atoms with E-state index in [-0.39, 0.29) is 36.6 Å². The molecule has 37 heavy (non-hydrogen) atoms. The summed E-state index contributed by atoms with van der Waals surface area (Å²) in [7, 11) is -3.15. The molecule has 0 aromatic carbocycles. The van der Waals surface area contributed by atoms with E-state index in [1.54, 1.807) is 4.31 Å². The number of nitrogens with zero attached hydrogens (tertiary/aromatic N) is 5. The van der Waals surface area contributed by atoms with Gasteiger partial charge in [-0.1, -0.05) is 19.8 Å². The van der Waals surface area contributed by atoms with Crippen molar-refractivity contribution in [1.29, 1.82) is 0 Å². The summed E-state index contributed by atoms with van der Waals surface area (Å²) in [5.74, 6) is 1.61. The highest BCUT2D eigenvalue weighted by atomic mass is 35.5. The molecule has 2 aromatic heterocycles. The van der Waals surface area contributed by atoms with Crippen molar-refractivity contribution in [1.82, 2.24) is 23.8 Å². The number of nitrogens with two attached hydrogens (primary N) is 1. The second-order valence-electron chi connectivity index (χ2n) is 10.5. The van der Waals surface area contributed by atoms with E-state index in [2.05, 4.69) is 15.2 Å². The van der Waals surface area contributed by atoms with Gasteiger partial charge in [-0.3, -0.25) is 0 Å². The molecule has 10 nitrogen and oxygen atoms in total. The van der Waals surface area contributed by atoms with Crippen molar-refractivity contribution >= 4 is 57.8 Å². The molecule has 1 aliphatic heterocycles. The fraction of sp³-hybridized carbons (Fsp3) is 0.792. The second-order valence-corrected chi connectivity index (χ2v) is 12.6. The van der Waals surface area contributed by atoms with Gasteiger partial charge in [-0.05, 0) is 57.8 Å². The first-order chi connectivity index (χ1) is 16.9. The number of hydrogen-bond acceptors (Lipinski definition) is 8. The van der Waals surface area contributed by atoms with Gasteiger partial charge in [0.25, 0.3) is 0 Å². The molecule has 0 atom stereocenters. The Morgan fingerprint density at radius 1 is 0.946 bits per heavy atom. The molecule has 0 spiro atoms. The predicted molar refractivity (Wildman–Crippen MR) is 153 cm³/mol. The average Bonchev–Trinajstić information content (AvgIpc) is 3.51. The quantitative estimate of drug-likeness (QED) is 0.428. The third-order valence-electron chi connectivity index (χ3n) is 7.89. The van der Waals surface area contributed by atoms with Crippen LogP contribution in [0.1, 0.15) is 83.6 Å². The van der Waals surface area contributed by atoms with Crippen LogP contribution in [-0.2, 0) is 10.0 Å². The highest BCUT2D eigenvalue weighted by Crippen LogP contribution is 2.34. The number of fused-ring (bicyclic) bond motifs is 1. The van der Waals surface area contributed by atoms with Gasteiger partial charge in [0.15, 0.2) is 17.0 Å². The molecule has 2 saturated carbocycles. The second kappa shape index (κ2) is 13.1. The molecule has 0 amide bonds. The summed E-state index contributed by atoms with van der Waals surface area (Å²) in [6.45, 7) is 2.99. The van der Waals surface area contributed by atoms with Crippen molar-refractivity contribution in [3.05, 3.63) is 6.33 Å². The molecule has 4 N–H and O–H groups in total. The maximum atomic E-state index is 12.5. The molecule has 13 heteroatoms. The van der Waals surface area contributed by atoms with Crippen LogP contribution in [0.25, 0.3) is 11.2 Å². The van der Waals surface area contributed by atoms with Crippen molar-refractivity contribution in [2.45, 2.75) is 102 Å². The number of aromatic nitrogens is 4. The van der Waals surface area contributed by atoms with Crippen LogP contribution in [-0.4, -0.2) is 69.2 Å². The lowest BCUT2D eigenvalue weighted by molar-refractivity contribution is 0.329. The van der Waals surface area contributed by atoms with E-state index in [9.17, 15) is 8.42 Å². The smallest absolute Gasteiger partial charge is 0.227 e. The standard InChI is InChI=1S/C24H40N8O2S.2ClH/c1-2-15-35(33,34)31-13-11-19(12-14-31)27-22-21-23(32(16-26-21)20-5-3-4-6-20)30-24(29-22)28-18-9-7-17(25)8-10-18;;/h16-20H,2-15,25H2,1H3,(H2,27,28,29,30);2*1H/t17-,18-;;. The van der Waals surface area contributed by atoms with Crippen LogP contribution in [0.3, 0.4) is 0 Å². The Bertz CT molecular complexity index is 1110. The topological polar surface area (TPSA) is 131 Å². The highest BCUT2D eigenvalue weighted by Gasteiger charge is 2.29. The first kappa shape index (κ1) is 30.1. The van der Waals surface area contributed by atoms with Gasteiger partial charge in [-0.25, -0.2) is 17.7 Å². The van der Waals surface area contributed by atoms with Crippen LogP contribution in [0.4, 0.5) is 11.8 Å². The van der Waals surface area contributed by atoms with Crippen LogP contribution in [0, 0.1) is 0 Å². The van der Waals surface area contributed by atoms with Gasteiger partial charge >= 0.3 is 0 Å². The minimum absolute atomic E-state index is 0. The zero-order valence-electron chi connectivity index (χ0n) is 21.6. The molecule has 3 heterocycles. The monoisotopic (exact) mass is 576 g/mol. The molecular formula is C24H42Cl2N8O2S. The van der Waals surface area contributed by atoms with Crippen LogP contribution in [0.15, 0.2) is 6.33 Å². The lowest BCUT2D eigenvalue weighted by Gasteiger charge is -2.32. The zero-order valence-corrected chi connectivity index (χ0v) is 24.1. The summed E-state index contributed by atoms with van der Waals surface area (Å²) in [5, 5.41) is 7.18. The largest absolute Gasteiger partial charge is 0.365 e. The normalized spacial score (nSPS) is 23.9. The van der Waals surface area contributed by atoms with Crippen molar-refractivity contribution in [3.63, 3.8) is 0 Å². The molecule has 0 bridgehead atoms. The molecule has 5 rings (SSSR count).